The number of rotatable bonds is 4. The Labute approximate surface area is 83.8 Å². The molecule has 14 heavy (non-hydrogen) atoms. The van der Waals surface area contributed by atoms with E-state index < -0.39 is 5.60 Å². The summed E-state index contributed by atoms with van der Waals surface area (Å²) in [5.74, 6) is -0.113. The molecule has 0 aromatic rings. The molecule has 0 radical (unpaired) electrons. The molecule has 1 aliphatic rings. The molecule has 0 aliphatic carbocycles. The van der Waals surface area contributed by atoms with Gasteiger partial charge in [0.1, 0.15) is 11.2 Å². The van der Waals surface area contributed by atoms with Crippen LogP contribution in [-0.2, 0) is 19.3 Å². The van der Waals surface area contributed by atoms with Crippen molar-refractivity contribution in [3.63, 3.8) is 0 Å². The molecule has 0 amide bonds. The van der Waals surface area contributed by atoms with Crippen molar-refractivity contribution >= 4 is 5.97 Å². The SMILES string of the molecule is CCCC(C)(C)OC(=O)C(C)=C1OO1. The van der Waals surface area contributed by atoms with E-state index >= 15 is 0 Å². The van der Waals surface area contributed by atoms with Gasteiger partial charge in [-0.05, 0) is 27.2 Å². The Balaban J connectivity index is 2.51. The van der Waals surface area contributed by atoms with Crippen LogP contribution in [0, 0.1) is 0 Å². The molecule has 1 rings (SSSR count). The lowest BCUT2D eigenvalue weighted by atomic mass is 10.0. The van der Waals surface area contributed by atoms with Gasteiger partial charge >= 0.3 is 11.9 Å². The third-order valence-electron chi connectivity index (χ3n) is 2.00. The van der Waals surface area contributed by atoms with Crippen molar-refractivity contribution < 1.29 is 19.3 Å². The van der Waals surface area contributed by atoms with Crippen molar-refractivity contribution in [3.8, 4) is 0 Å². The molecule has 0 bridgehead atoms. The highest BCUT2D eigenvalue weighted by Gasteiger charge is 2.31. The van der Waals surface area contributed by atoms with E-state index in [1.54, 1.807) is 6.92 Å². The van der Waals surface area contributed by atoms with Crippen LogP contribution in [0.25, 0.3) is 0 Å². The van der Waals surface area contributed by atoms with Crippen LogP contribution < -0.4 is 0 Å². The molecule has 1 aliphatic heterocycles. The predicted molar refractivity (Wildman–Crippen MR) is 49.9 cm³/mol. The van der Waals surface area contributed by atoms with Crippen LogP contribution in [0.3, 0.4) is 0 Å². The molecule has 1 fully saturated rings. The highest BCUT2D eigenvalue weighted by Crippen LogP contribution is 2.25. The van der Waals surface area contributed by atoms with E-state index in [9.17, 15) is 4.79 Å². The van der Waals surface area contributed by atoms with Crippen molar-refractivity contribution in [2.24, 2.45) is 0 Å². The molecule has 0 unspecified atom stereocenters. The summed E-state index contributed by atoms with van der Waals surface area (Å²) in [6, 6.07) is 0. The van der Waals surface area contributed by atoms with E-state index in [2.05, 4.69) is 9.78 Å². The Kier molecular flexibility index (Phi) is 3.03. The molecule has 0 spiro atoms. The minimum Gasteiger partial charge on any atom is -0.456 e. The summed E-state index contributed by atoms with van der Waals surface area (Å²) in [7, 11) is 0. The first-order chi connectivity index (χ1) is 6.46. The molecule has 4 nitrogen and oxygen atoms in total. The lowest BCUT2D eigenvalue weighted by Crippen LogP contribution is -2.28. The maximum atomic E-state index is 11.5. The molecular weight excluding hydrogens is 184 g/mol. The Morgan fingerprint density at radius 3 is 2.43 bits per heavy atom. The second-order valence-electron chi connectivity index (χ2n) is 3.98. The van der Waals surface area contributed by atoms with Gasteiger partial charge in [-0.15, -0.1) is 0 Å². The van der Waals surface area contributed by atoms with Crippen LogP contribution in [0.5, 0.6) is 0 Å². The van der Waals surface area contributed by atoms with Gasteiger partial charge in [-0.3, -0.25) is 0 Å². The summed E-state index contributed by atoms with van der Waals surface area (Å²) in [5, 5.41) is 0. The Morgan fingerprint density at radius 2 is 2.00 bits per heavy atom. The van der Waals surface area contributed by atoms with Gasteiger partial charge in [0.25, 0.3) is 0 Å². The zero-order valence-corrected chi connectivity index (χ0v) is 9.05. The van der Waals surface area contributed by atoms with Crippen molar-refractivity contribution in [2.75, 3.05) is 0 Å². The maximum Gasteiger partial charge on any atom is 0.389 e. The third kappa shape index (κ3) is 2.94. The summed E-state index contributed by atoms with van der Waals surface area (Å²) >= 11 is 0. The van der Waals surface area contributed by atoms with Gasteiger partial charge in [0, 0.05) is 0 Å². The van der Waals surface area contributed by atoms with Crippen molar-refractivity contribution in [3.05, 3.63) is 11.5 Å². The molecule has 4 heteroatoms. The number of hydrogen-bond acceptors (Lipinski definition) is 4. The molecule has 0 aromatic carbocycles. The number of esters is 1. The van der Waals surface area contributed by atoms with E-state index in [0.29, 0.717) is 5.57 Å². The van der Waals surface area contributed by atoms with Gasteiger partial charge in [-0.2, -0.15) is 0 Å². The zero-order valence-electron chi connectivity index (χ0n) is 9.05. The summed E-state index contributed by atoms with van der Waals surface area (Å²) in [6.07, 6.45) is 1.81. The van der Waals surface area contributed by atoms with Gasteiger partial charge in [-0.1, -0.05) is 13.3 Å². The molecule has 0 atom stereocenters. The molecule has 80 valence electrons. The summed E-state index contributed by atoms with van der Waals surface area (Å²) in [4.78, 5) is 20.4. The smallest absolute Gasteiger partial charge is 0.389 e. The Hall–Kier alpha value is -1.19. The standard InChI is InChI=1S/C10H16O4/c1-5-6-10(3,4)12-8(11)7(2)9-13-14-9/h5-6H2,1-4H3. The van der Waals surface area contributed by atoms with Gasteiger partial charge in [0.15, 0.2) is 0 Å². The van der Waals surface area contributed by atoms with Gasteiger partial charge in [0.2, 0.25) is 0 Å². The second-order valence-corrected chi connectivity index (χ2v) is 3.98. The van der Waals surface area contributed by atoms with Gasteiger partial charge < -0.3 is 4.74 Å². The lowest BCUT2D eigenvalue weighted by Gasteiger charge is -2.24. The molecular formula is C10H16O4. The number of ether oxygens (including phenoxy) is 1. The first-order valence-electron chi connectivity index (χ1n) is 4.75. The third-order valence-corrected chi connectivity index (χ3v) is 2.00. The van der Waals surface area contributed by atoms with Crippen LogP contribution in [0.2, 0.25) is 0 Å². The first kappa shape index (κ1) is 10.9. The van der Waals surface area contributed by atoms with Crippen LogP contribution in [0.15, 0.2) is 11.5 Å². The summed E-state index contributed by atoms with van der Waals surface area (Å²) < 4.78 is 5.28. The molecule has 1 saturated heterocycles. The number of carbonyl (C=O) groups is 1. The van der Waals surface area contributed by atoms with E-state index in [4.69, 9.17) is 4.74 Å². The minimum atomic E-state index is -0.428. The molecule has 0 N–H and O–H groups in total. The van der Waals surface area contributed by atoms with E-state index in [-0.39, 0.29) is 11.9 Å². The topological polar surface area (TPSA) is 51.4 Å². The fourth-order valence-corrected chi connectivity index (χ4v) is 1.21. The fraction of sp³-hybridized carbons (Fsp3) is 0.700. The van der Waals surface area contributed by atoms with Crippen molar-refractivity contribution in [1.29, 1.82) is 0 Å². The normalized spacial score (nSPS) is 14.1. The fourth-order valence-electron chi connectivity index (χ4n) is 1.21. The molecule has 0 saturated carbocycles. The summed E-state index contributed by atoms with van der Waals surface area (Å²) in [6.45, 7) is 7.45. The van der Waals surface area contributed by atoms with E-state index in [0.717, 1.165) is 12.8 Å². The van der Waals surface area contributed by atoms with Crippen molar-refractivity contribution in [2.45, 2.75) is 46.1 Å². The quantitative estimate of drug-likeness (QED) is 0.302. The first-order valence-corrected chi connectivity index (χ1v) is 4.75. The highest BCUT2D eigenvalue weighted by molar-refractivity contribution is 5.88. The Morgan fingerprint density at radius 1 is 1.43 bits per heavy atom. The van der Waals surface area contributed by atoms with Crippen LogP contribution in [0.4, 0.5) is 0 Å². The Bertz CT molecular complexity index is 259. The van der Waals surface area contributed by atoms with Crippen LogP contribution in [-0.4, -0.2) is 11.6 Å². The number of hydrogen-bond donors (Lipinski definition) is 0. The van der Waals surface area contributed by atoms with Gasteiger partial charge in [0.05, 0.1) is 0 Å². The average Bonchev–Trinajstić information content (AvgIpc) is 2.83. The van der Waals surface area contributed by atoms with Crippen molar-refractivity contribution in [1.82, 2.24) is 0 Å². The minimum absolute atomic E-state index is 0.266. The largest absolute Gasteiger partial charge is 0.456 e. The molecule has 0 aromatic heterocycles. The lowest BCUT2D eigenvalue weighted by molar-refractivity contribution is -0.152. The monoisotopic (exact) mass is 200 g/mol. The van der Waals surface area contributed by atoms with E-state index in [1.807, 2.05) is 20.8 Å². The molecule has 1 heterocycles. The zero-order chi connectivity index (χ0) is 10.8. The average molecular weight is 200 g/mol. The van der Waals surface area contributed by atoms with E-state index in [1.165, 1.54) is 0 Å². The second kappa shape index (κ2) is 3.90. The van der Waals surface area contributed by atoms with Crippen LogP contribution >= 0.6 is 0 Å². The highest BCUT2D eigenvalue weighted by atomic mass is 17.4. The maximum absolute atomic E-state index is 11.5. The summed E-state index contributed by atoms with van der Waals surface area (Å²) in [5.41, 5.74) is -0.0445. The number of carbonyl (C=O) groups excluding carboxylic acids is 1. The van der Waals surface area contributed by atoms with Gasteiger partial charge in [-0.25, -0.2) is 14.6 Å². The van der Waals surface area contributed by atoms with Crippen LogP contribution in [0.1, 0.15) is 40.5 Å². The predicted octanol–water partition coefficient (Wildman–Crippen LogP) is 2.30.